The largest absolute Gasteiger partial charge is 0.314 e. The summed E-state index contributed by atoms with van der Waals surface area (Å²) in [6.07, 6.45) is 10.2. The summed E-state index contributed by atoms with van der Waals surface area (Å²) in [6, 6.07) is 0. The molecule has 88 valence electrons. The van der Waals surface area contributed by atoms with E-state index in [4.69, 9.17) is 0 Å². The minimum Gasteiger partial charge on any atom is -0.314 e. The first kappa shape index (κ1) is 12.7. The predicted molar refractivity (Wildman–Crippen MR) is 67.2 cm³/mol. The van der Waals surface area contributed by atoms with E-state index in [1.165, 1.54) is 45.1 Å². The summed E-state index contributed by atoms with van der Waals surface area (Å²) >= 11 is 0. The van der Waals surface area contributed by atoms with E-state index in [0.717, 1.165) is 6.54 Å². The summed E-state index contributed by atoms with van der Waals surface area (Å²) in [7, 11) is 4.30. The van der Waals surface area contributed by atoms with E-state index >= 15 is 0 Å². The lowest BCUT2D eigenvalue weighted by Crippen LogP contribution is -2.46. The zero-order chi connectivity index (χ0) is 11.1. The number of nitrogens with one attached hydrogen (secondary N) is 1. The fourth-order valence-electron chi connectivity index (χ4n) is 2.57. The highest BCUT2D eigenvalue weighted by molar-refractivity contribution is 4.90. The van der Waals surface area contributed by atoms with Crippen LogP contribution in [0.15, 0.2) is 12.7 Å². The minimum atomic E-state index is 0.424. The van der Waals surface area contributed by atoms with E-state index < -0.39 is 0 Å². The SMILES string of the molecule is C=CCN(C)CCC1(NC)CCCCC1. The van der Waals surface area contributed by atoms with Gasteiger partial charge in [0.05, 0.1) is 0 Å². The molecule has 0 bridgehead atoms. The molecule has 15 heavy (non-hydrogen) atoms. The number of likely N-dealkylation sites (N-methyl/N-ethyl adjacent to an activating group) is 1. The van der Waals surface area contributed by atoms with Crippen LogP contribution in [0.5, 0.6) is 0 Å². The average Bonchev–Trinajstić information content (AvgIpc) is 2.28. The Kier molecular flexibility index (Phi) is 5.34. The van der Waals surface area contributed by atoms with Crippen LogP contribution >= 0.6 is 0 Å². The fraction of sp³-hybridized carbons (Fsp3) is 0.846. The summed E-state index contributed by atoms with van der Waals surface area (Å²) in [5.74, 6) is 0. The first-order valence-electron chi connectivity index (χ1n) is 6.21. The van der Waals surface area contributed by atoms with Crippen LogP contribution in [0.2, 0.25) is 0 Å². The van der Waals surface area contributed by atoms with Gasteiger partial charge in [-0.2, -0.15) is 0 Å². The Morgan fingerprint density at radius 2 is 2.00 bits per heavy atom. The Bertz CT molecular complexity index is 183. The Hall–Kier alpha value is -0.340. The highest BCUT2D eigenvalue weighted by Crippen LogP contribution is 2.30. The van der Waals surface area contributed by atoms with Gasteiger partial charge < -0.3 is 10.2 Å². The van der Waals surface area contributed by atoms with E-state index in [1.54, 1.807) is 0 Å². The van der Waals surface area contributed by atoms with Crippen molar-refractivity contribution in [1.82, 2.24) is 10.2 Å². The van der Waals surface area contributed by atoms with Crippen molar-refractivity contribution in [3.8, 4) is 0 Å². The van der Waals surface area contributed by atoms with Gasteiger partial charge in [-0.05, 0) is 39.9 Å². The summed E-state index contributed by atoms with van der Waals surface area (Å²) in [4.78, 5) is 2.35. The molecule has 1 N–H and O–H groups in total. The molecular weight excluding hydrogens is 184 g/mol. The third kappa shape index (κ3) is 3.96. The van der Waals surface area contributed by atoms with Crippen molar-refractivity contribution in [2.24, 2.45) is 0 Å². The van der Waals surface area contributed by atoms with Gasteiger partial charge in [-0.3, -0.25) is 0 Å². The molecule has 2 heteroatoms. The molecule has 1 rings (SSSR count). The second-order valence-corrected chi connectivity index (χ2v) is 4.89. The molecule has 2 nitrogen and oxygen atoms in total. The van der Waals surface area contributed by atoms with E-state index in [1.807, 2.05) is 6.08 Å². The third-order valence-electron chi connectivity index (χ3n) is 3.75. The van der Waals surface area contributed by atoms with Gasteiger partial charge in [0.2, 0.25) is 0 Å². The van der Waals surface area contributed by atoms with Gasteiger partial charge in [-0.15, -0.1) is 6.58 Å². The zero-order valence-corrected chi connectivity index (χ0v) is 10.4. The Balaban J connectivity index is 2.34. The van der Waals surface area contributed by atoms with Crippen LogP contribution < -0.4 is 5.32 Å². The maximum Gasteiger partial charge on any atom is 0.0190 e. The van der Waals surface area contributed by atoms with Gasteiger partial charge in [0.15, 0.2) is 0 Å². The van der Waals surface area contributed by atoms with Crippen LogP contribution in [-0.2, 0) is 0 Å². The maximum absolute atomic E-state index is 3.78. The quantitative estimate of drug-likeness (QED) is 0.677. The molecule has 0 heterocycles. The summed E-state index contributed by atoms with van der Waals surface area (Å²) in [5.41, 5.74) is 0.424. The van der Waals surface area contributed by atoms with Crippen LogP contribution in [0, 0.1) is 0 Å². The normalized spacial score (nSPS) is 20.5. The average molecular weight is 210 g/mol. The first-order chi connectivity index (χ1) is 7.22. The predicted octanol–water partition coefficient (Wildman–Crippen LogP) is 2.42. The maximum atomic E-state index is 3.78. The molecule has 0 aromatic rings. The molecule has 1 aliphatic carbocycles. The molecular formula is C13H26N2. The molecule has 0 aromatic heterocycles. The Morgan fingerprint density at radius 1 is 1.33 bits per heavy atom. The lowest BCUT2D eigenvalue weighted by Gasteiger charge is -2.38. The molecule has 1 aliphatic rings. The van der Waals surface area contributed by atoms with Crippen molar-refractivity contribution >= 4 is 0 Å². The lowest BCUT2D eigenvalue weighted by atomic mass is 9.79. The van der Waals surface area contributed by atoms with Gasteiger partial charge in [0.1, 0.15) is 0 Å². The number of rotatable bonds is 6. The molecule has 1 saturated carbocycles. The van der Waals surface area contributed by atoms with Crippen LogP contribution in [0.4, 0.5) is 0 Å². The van der Waals surface area contributed by atoms with E-state index in [2.05, 4.69) is 30.9 Å². The Labute approximate surface area is 94.7 Å². The summed E-state index contributed by atoms with van der Waals surface area (Å²) < 4.78 is 0. The van der Waals surface area contributed by atoms with Gasteiger partial charge >= 0.3 is 0 Å². The molecule has 0 atom stereocenters. The van der Waals surface area contributed by atoms with Crippen LogP contribution in [-0.4, -0.2) is 37.6 Å². The van der Waals surface area contributed by atoms with Crippen LogP contribution in [0.1, 0.15) is 38.5 Å². The van der Waals surface area contributed by atoms with E-state index in [9.17, 15) is 0 Å². The highest BCUT2D eigenvalue weighted by atomic mass is 15.1. The topological polar surface area (TPSA) is 15.3 Å². The lowest BCUT2D eigenvalue weighted by molar-refractivity contribution is 0.202. The second-order valence-electron chi connectivity index (χ2n) is 4.89. The fourth-order valence-corrected chi connectivity index (χ4v) is 2.57. The standard InChI is InChI=1S/C13H26N2/c1-4-11-15(3)12-10-13(14-2)8-6-5-7-9-13/h4,14H,1,5-12H2,2-3H3. The van der Waals surface area contributed by atoms with Gasteiger partial charge in [0, 0.05) is 12.1 Å². The van der Waals surface area contributed by atoms with Gasteiger partial charge in [-0.1, -0.05) is 25.3 Å². The van der Waals surface area contributed by atoms with E-state index in [0.29, 0.717) is 5.54 Å². The highest BCUT2D eigenvalue weighted by Gasteiger charge is 2.29. The minimum absolute atomic E-state index is 0.424. The van der Waals surface area contributed by atoms with Crippen molar-refractivity contribution in [1.29, 1.82) is 0 Å². The molecule has 0 saturated heterocycles. The number of hydrogen-bond acceptors (Lipinski definition) is 2. The first-order valence-corrected chi connectivity index (χ1v) is 6.21. The van der Waals surface area contributed by atoms with Crippen molar-refractivity contribution < 1.29 is 0 Å². The van der Waals surface area contributed by atoms with Crippen LogP contribution in [0.25, 0.3) is 0 Å². The van der Waals surface area contributed by atoms with Crippen molar-refractivity contribution in [2.75, 3.05) is 27.2 Å². The zero-order valence-electron chi connectivity index (χ0n) is 10.4. The smallest absolute Gasteiger partial charge is 0.0190 e. The van der Waals surface area contributed by atoms with Crippen molar-refractivity contribution in [2.45, 2.75) is 44.1 Å². The van der Waals surface area contributed by atoms with Gasteiger partial charge in [-0.25, -0.2) is 0 Å². The van der Waals surface area contributed by atoms with E-state index in [-0.39, 0.29) is 0 Å². The number of hydrogen-bond donors (Lipinski definition) is 1. The van der Waals surface area contributed by atoms with Gasteiger partial charge in [0.25, 0.3) is 0 Å². The summed E-state index contributed by atoms with van der Waals surface area (Å²) in [6.45, 7) is 5.95. The molecule has 0 spiro atoms. The molecule has 0 unspecified atom stereocenters. The summed E-state index contributed by atoms with van der Waals surface area (Å²) in [5, 5.41) is 3.56. The number of nitrogens with zero attached hydrogens (tertiary/aromatic N) is 1. The third-order valence-corrected chi connectivity index (χ3v) is 3.75. The molecule has 1 fully saturated rings. The molecule has 0 radical (unpaired) electrons. The van der Waals surface area contributed by atoms with Crippen molar-refractivity contribution in [3.63, 3.8) is 0 Å². The molecule has 0 aromatic carbocycles. The molecule has 0 aliphatic heterocycles. The Morgan fingerprint density at radius 3 is 2.53 bits per heavy atom. The van der Waals surface area contributed by atoms with Crippen LogP contribution in [0.3, 0.4) is 0 Å². The van der Waals surface area contributed by atoms with Crippen molar-refractivity contribution in [3.05, 3.63) is 12.7 Å². The molecule has 0 amide bonds. The second kappa shape index (κ2) is 6.29. The monoisotopic (exact) mass is 210 g/mol.